The number of hydrogen-bond donors (Lipinski definition) is 2. The maximum atomic E-state index is 6.20. The Labute approximate surface area is 192 Å². The van der Waals surface area contributed by atoms with Gasteiger partial charge in [-0.25, -0.2) is 0 Å². The van der Waals surface area contributed by atoms with Crippen LogP contribution < -0.4 is 15.4 Å². The van der Waals surface area contributed by atoms with Gasteiger partial charge in [-0.3, -0.25) is 9.89 Å². The van der Waals surface area contributed by atoms with Gasteiger partial charge in [0, 0.05) is 38.2 Å². The molecule has 2 N–H and O–H groups in total. The van der Waals surface area contributed by atoms with Gasteiger partial charge >= 0.3 is 0 Å². The lowest BCUT2D eigenvalue weighted by Gasteiger charge is -2.27. The first kappa shape index (κ1) is 24.2. The Hall–Kier alpha value is -1.06. The molecule has 0 saturated carbocycles. The van der Waals surface area contributed by atoms with Gasteiger partial charge in [0.1, 0.15) is 11.9 Å². The van der Waals surface area contributed by atoms with Crippen LogP contribution in [0.15, 0.2) is 23.2 Å². The number of nitrogens with one attached hydrogen (secondary N) is 2. The third-order valence-electron chi connectivity index (χ3n) is 5.71. The summed E-state index contributed by atoms with van der Waals surface area (Å²) in [5.41, 5.74) is 2.35. The monoisotopic (exact) mass is 516 g/mol. The molecule has 0 bridgehead atoms. The predicted molar refractivity (Wildman–Crippen MR) is 130 cm³/mol. The van der Waals surface area contributed by atoms with Crippen LogP contribution in [0.4, 0.5) is 0 Å². The van der Waals surface area contributed by atoms with Crippen LogP contribution in [-0.4, -0.2) is 62.9 Å². The van der Waals surface area contributed by atoms with Crippen molar-refractivity contribution in [3.05, 3.63) is 29.3 Å². The van der Waals surface area contributed by atoms with Crippen molar-refractivity contribution in [3.63, 3.8) is 0 Å². The van der Waals surface area contributed by atoms with Crippen molar-refractivity contribution in [3.8, 4) is 5.75 Å². The van der Waals surface area contributed by atoms with Crippen LogP contribution in [0.3, 0.4) is 0 Å². The van der Waals surface area contributed by atoms with Crippen molar-refractivity contribution in [2.75, 3.05) is 39.9 Å². The van der Waals surface area contributed by atoms with E-state index in [1.807, 2.05) is 7.05 Å². The first-order valence-corrected chi connectivity index (χ1v) is 10.7. The predicted octanol–water partition coefficient (Wildman–Crippen LogP) is 3.32. The van der Waals surface area contributed by atoms with Gasteiger partial charge in [0.25, 0.3) is 0 Å². The molecule has 2 unspecified atom stereocenters. The Morgan fingerprint density at radius 1 is 1.31 bits per heavy atom. The van der Waals surface area contributed by atoms with Crippen molar-refractivity contribution < 1.29 is 9.47 Å². The van der Waals surface area contributed by atoms with Crippen molar-refractivity contribution in [2.45, 2.75) is 58.2 Å². The van der Waals surface area contributed by atoms with Crippen LogP contribution in [0.2, 0.25) is 0 Å². The summed E-state index contributed by atoms with van der Waals surface area (Å²) in [5, 5.41) is 6.96. The van der Waals surface area contributed by atoms with Crippen LogP contribution in [0.25, 0.3) is 0 Å². The third-order valence-corrected chi connectivity index (χ3v) is 5.71. The molecule has 3 rings (SSSR count). The highest BCUT2D eigenvalue weighted by Crippen LogP contribution is 2.23. The molecule has 0 amide bonds. The van der Waals surface area contributed by atoms with Gasteiger partial charge in [-0.05, 0) is 50.9 Å². The molecule has 1 aromatic rings. The first-order chi connectivity index (χ1) is 13.7. The van der Waals surface area contributed by atoms with E-state index in [4.69, 9.17) is 9.47 Å². The van der Waals surface area contributed by atoms with Gasteiger partial charge in [0.05, 0.1) is 13.2 Å². The first-order valence-electron chi connectivity index (χ1n) is 10.7. The minimum atomic E-state index is 0. The van der Waals surface area contributed by atoms with Crippen LogP contribution in [0.1, 0.15) is 43.7 Å². The minimum absolute atomic E-state index is 0. The molecule has 2 atom stereocenters. The van der Waals surface area contributed by atoms with E-state index in [0.717, 1.165) is 43.3 Å². The van der Waals surface area contributed by atoms with Gasteiger partial charge in [-0.2, -0.15) is 0 Å². The van der Waals surface area contributed by atoms with E-state index in [1.54, 1.807) is 0 Å². The molecule has 1 aromatic carbocycles. The van der Waals surface area contributed by atoms with Gasteiger partial charge in [0.2, 0.25) is 0 Å². The molecule has 2 heterocycles. The van der Waals surface area contributed by atoms with Crippen molar-refractivity contribution in [2.24, 2.45) is 4.99 Å². The summed E-state index contributed by atoms with van der Waals surface area (Å²) in [6.07, 6.45) is 4.92. The molecule has 2 aliphatic heterocycles. The lowest BCUT2D eigenvalue weighted by Crippen LogP contribution is -2.46. The average molecular weight is 516 g/mol. The standard InChI is InChI=1S/C22H36N4O2.HI/c1-4-19(26-10-5-6-11-26)15-25-22(23-3)24-14-18-8-7-17(2)13-21(18)28-20-9-12-27-16-20;/h7-8,13,19-20H,4-6,9-12,14-16H2,1-3H3,(H2,23,24,25);1H. The van der Waals surface area contributed by atoms with Crippen molar-refractivity contribution in [1.82, 2.24) is 15.5 Å². The SMILES string of the molecule is CCC(CNC(=NC)NCc1ccc(C)cc1OC1CCOC1)N1CCCC1.I. The topological polar surface area (TPSA) is 58.1 Å². The lowest BCUT2D eigenvalue weighted by molar-refractivity contribution is 0.140. The molecule has 0 radical (unpaired) electrons. The fourth-order valence-electron chi connectivity index (χ4n) is 3.96. The summed E-state index contributed by atoms with van der Waals surface area (Å²) in [5.74, 6) is 1.79. The molecule has 7 heteroatoms. The summed E-state index contributed by atoms with van der Waals surface area (Å²) in [6, 6.07) is 6.96. The number of aliphatic imine (C=N–C) groups is 1. The highest BCUT2D eigenvalue weighted by Gasteiger charge is 2.21. The lowest BCUT2D eigenvalue weighted by atomic mass is 10.1. The molecule has 0 spiro atoms. The fraction of sp³-hybridized carbons (Fsp3) is 0.682. The molecule has 2 aliphatic rings. The van der Waals surface area contributed by atoms with E-state index in [9.17, 15) is 0 Å². The normalized spacial score (nSPS) is 20.9. The molecule has 164 valence electrons. The molecule has 6 nitrogen and oxygen atoms in total. The van der Waals surface area contributed by atoms with E-state index in [2.05, 4.69) is 52.6 Å². The summed E-state index contributed by atoms with van der Waals surface area (Å²) in [4.78, 5) is 6.99. The number of hydrogen-bond acceptors (Lipinski definition) is 4. The Kier molecular flexibility index (Phi) is 10.5. The van der Waals surface area contributed by atoms with E-state index in [-0.39, 0.29) is 30.1 Å². The number of nitrogens with zero attached hydrogens (tertiary/aromatic N) is 2. The smallest absolute Gasteiger partial charge is 0.191 e. The van der Waals surface area contributed by atoms with E-state index in [1.165, 1.54) is 31.5 Å². The summed E-state index contributed by atoms with van der Waals surface area (Å²) in [6.45, 7) is 9.89. The highest BCUT2D eigenvalue weighted by atomic mass is 127. The zero-order valence-corrected chi connectivity index (χ0v) is 20.4. The maximum Gasteiger partial charge on any atom is 0.191 e. The Morgan fingerprint density at radius 2 is 2.10 bits per heavy atom. The number of likely N-dealkylation sites (tertiary alicyclic amines) is 1. The van der Waals surface area contributed by atoms with Crippen LogP contribution in [-0.2, 0) is 11.3 Å². The number of benzene rings is 1. The quantitative estimate of drug-likeness (QED) is 0.316. The second kappa shape index (κ2) is 12.6. The van der Waals surface area contributed by atoms with Crippen LogP contribution in [0, 0.1) is 6.92 Å². The zero-order chi connectivity index (χ0) is 19.8. The second-order valence-electron chi connectivity index (χ2n) is 7.83. The number of ether oxygens (including phenoxy) is 2. The molecule has 0 aliphatic carbocycles. The van der Waals surface area contributed by atoms with E-state index in [0.29, 0.717) is 19.2 Å². The Morgan fingerprint density at radius 3 is 2.76 bits per heavy atom. The molecular weight excluding hydrogens is 479 g/mol. The van der Waals surface area contributed by atoms with E-state index < -0.39 is 0 Å². The number of aryl methyl sites for hydroxylation is 1. The highest BCUT2D eigenvalue weighted by molar-refractivity contribution is 14.0. The zero-order valence-electron chi connectivity index (χ0n) is 18.1. The summed E-state index contributed by atoms with van der Waals surface area (Å²) >= 11 is 0. The summed E-state index contributed by atoms with van der Waals surface area (Å²) in [7, 11) is 1.83. The Bertz CT molecular complexity index is 644. The van der Waals surface area contributed by atoms with Crippen LogP contribution in [0.5, 0.6) is 5.75 Å². The molecule has 0 aromatic heterocycles. The van der Waals surface area contributed by atoms with Gasteiger partial charge in [-0.15, -0.1) is 24.0 Å². The third kappa shape index (κ3) is 7.29. The van der Waals surface area contributed by atoms with Gasteiger partial charge in [0.15, 0.2) is 5.96 Å². The number of guanidine groups is 1. The minimum Gasteiger partial charge on any atom is -0.488 e. The van der Waals surface area contributed by atoms with Crippen molar-refractivity contribution >= 4 is 29.9 Å². The maximum absolute atomic E-state index is 6.20. The molecule has 29 heavy (non-hydrogen) atoms. The number of rotatable bonds is 8. The van der Waals surface area contributed by atoms with E-state index >= 15 is 0 Å². The van der Waals surface area contributed by atoms with Crippen LogP contribution >= 0.6 is 24.0 Å². The summed E-state index contributed by atoms with van der Waals surface area (Å²) < 4.78 is 11.7. The number of halogens is 1. The van der Waals surface area contributed by atoms with Gasteiger partial charge < -0.3 is 20.1 Å². The van der Waals surface area contributed by atoms with Crippen molar-refractivity contribution in [1.29, 1.82) is 0 Å². The molecular formula is C22H37IN4O2. The fourth-order valence-corrected chi connectivity index (χ4v) is 3.96. The average Bonchev–Trinajstić information content (AvgIpc) is 3.40. The largest absolute Gasteiger partial charge is 0.488 e. The molecule has 2 saturated heterocycles. The molecule has 2 fully saturated rings. The second-order valence-corrected chi connectivity index (χ2v) is 7.83. The van der Waals surface area contributed by atoms with Gasteiger partial charge in [-0.1, -0.05) is 19.1 Å². The Balaban J connectivity index is 0.00000300.